The monoisotopic (exact) mass is 401 g/mol. The number of hydrogen-bond donors (Lipinski definition) is 1. The molecule has 2 aliphatic heterocycles. The first-order valence-corrected chi connectivity index (χ1v) is 10.5. The molecule has 2 aromatic rings. The van der Waals surface area contributed by atoms with E-state index in [2.05, 4.69) is 5.32 Å². The lowest BCUT2D eigenvalue weighted by Gasteiger charge is -2.37. The largest absolute Gasteiger partial charge is 0.476 e. The lowest BCUT2D eigenvalue weighted by molar-refractivity contribution is -0.127. The van der Waals surface area contributed by atoms with Crippen molar-refractivity contribution in [2.75, 3.05) is 33.4 Å². The molecule has 1 atom stereocenters. The highest BCUT2D eigenvalue weighted by Crippen LogP contribution is 2.36. The molecule has 1 N–H and O–H groups in total. The molecule has 8 nitrogen and oxygen atoms in total. The van der Waals surface area contributed by atoms with Gasteiger partial charge in [-0.2, -0.15) is 0 Å². The molecule has 4 rings (SSSR count). The Bertz CT molecular complexity index is 1050. The lowest BCUT2D eigenvalue weighted by atomic mass is 10.1. The molecule has 2 amide bonds. The van der Waals surface area contributed by atoms with Crippen molar-refractivity contribution in [2.45, 2.75) is 13.0 Å². The topological polar surface area (TPSA) is 96.0 Å². The van der Waals surface area contributed by atoms with E-state index in [0.29, 0.717) is 22.8 Å². The highest BCUT2D eigenvalue weighted by atomic mass is 32.2. The fourth-order valence-electron chi connectivity index (χ4n) is 3.35. The van der Waals surface area contributed by atoms with Crippen LogP contribution in [0.15, 0.2) is 48.5 Å². The van der Waals surface area contributed by atoms with Gasteiger partial charge in [0, 0.05) is 0 Å². The molecule has 2 aliphatic rings. The predicted octanol–water partition coefficient (Wildman–Crippen LogP) is 1.59. The second-order valence-corrected chi connectivity index (χ2v) is 8.68. The normalized spacial score (nSPS) is 18.6. The van der Waals surface area contributed by atoms with Crippen molar-refractivity contribution in [3.05, 3.63) is 48.5 Å². The van der Waals surface area contributed by atoms with E-state index < -0.39 is 22.0 Å². The summed E-state index contributed by atoms with van der Waals surface area (Å²) >= 11 is 0. The van der Waals surface area contributed by atoms with Crippen LogP contribution in [0.25, 0.3) is 0 Å². The Hall–Kier alpha value is -3.07. The summed E-state index contributed by atoms with van der Waals surface area (Å²) in [6, 6.07) is 13.7. The zero-order valence-electron chi connectivity index (χ0n) is 15.2. The minimum Gasteiger partial charge on any atom is -0.476 e. The van der Waals surface area contributed by atoms with E-state index in [1.165, 1.54) is 9.21 Å². The Morgan fingerprint density at radius 3 is 2.57 bits per heavy atom. The number of ether oxygens (including phenoxy) is 1. The molecule has 0 saturated heterocycles. The van der Waals surface area contributed by atoms with Crippen LogP contribution in [0.2, 0.25) is 0 Å². The third-order valence-electron chi connectivity index (χ3n) is 4.75. The second kappa shape index (κ2) is 6.83. The predicted molar refractivity (Wildman–Crippen MR) is 105 cm³/mol. The molecule has 28 heavy (non-hydrogen) atoms. The average molecular weight is 401 g/mol. The van der Waals surface area contributed by atoms with E-state index in [1.54, 1.807) is 55.5 Å². The van der Waals surface area contributed by atoms with E-state index in [1.807, 2.05) is 0 Å². The van der Waals surface area contributed by atoms with Gasteiger partial charge in [0.15, 0.2) is 6.10 Å². The number of fused-ring (bicyclic) bond motifs is 2. The number of nitrogens with zero attached hydrogens (tertiary/aromatic N) is 2. The molecule has 0 unspecified atom stereocenters. The number of para-hydroxylation sites is 4. The SMILES string of the molecule is CCS(=O)(=O)N1C[C@@H](C(=O)N2CC(=O)Nc3ccccc32)Oc2ccccc21. The van der Waals surface area contributed by atoms with Gasteiger partial charge >= 0.3 is 0 Å². The van der Waals surface area contributed by atoms with E-state index in [4.69, 9.17) is 4.74 Å². The number of amides is 2. The van der Waals surface area contributed by atoms with Gasteiger partial charge in [-0.3, -0.25) is 18.8 Å². The van der Waals surface area contributed by atoms with Gasteiger partial charge in [0.25, 0.3) is 5.91 Å². The van der Waals surface area contributed by atoms with Crippen LogP contribution >= 0.6 is 0 Å². The number of sulfonamides is 1. The Kier molecular flexibility index (Phi) is 4.46. The molecular formula is C19H19N3O5S. The summed E-state index contributed by atoms with van der Waals surface area (Å²) in [5, 5.41) is 2.73. The van der Waals surface area contributed by atoms with Crippen LogP contribution in [0, 0.1) is 0 Å². The molecule has 0 spiro atoms. The van der Waals surface area contributed by atoms with Crippen LogP contribution in [0.1, 0.15) is 6.92 Å². The Morgan fingerprint density at radius 1 is 1.14 bits per heavy atom. The summed E-state index contributed by atoms with van der Waals surface area (Å²) in [6.45, 7) is 1.25. The van der Waals surface area contributed by atoms with Gasteiger partial charge in [-0.1, -0.05) is 24.3 Å². The molecule has 2 aromatic carbocycles. The maximum absolute atomic E-state index is 13.2. The van der Waals surface area contributed by atoms with E-state index in [0.717, 1.165) is 0 Å². The highest BCUT2D eigenvalue weighted by Gasteiger charge is 2.39. The zero-order chi connectivity index (χ0) is 19.9. The van der Waals surface area contributed by atoms with Crippen LogP contribution in [0.3, 0.4) is 0 Å². The van der Waals surface area contributed by atoms with Gasteiger partial charge in [0.2, 0.25) is 15.9 Å². The Balaban J connectivity index is 1.71. The molecule has 0 fully saturated rings. The third-order valence-corrected chi connectivity index (χ3v) is 6.49. The summed E-state index contributed by atoms with van der Waals surface area (Å²) in [5.74, 6) is -0.565. The van der Waals surface area contributed by atoms with Crippen molar-refractivity contribution in [1.29, 1.82) is 0 Å². The number of carbonyl (C=O) groups is 2. The third kappa shape index (κ3) is 3.07. The first-order valence-electron chi connectivity index (χ1n) is 8.87. The summed E-state index contributed by atoms with van der Waals surface area (Å²) in [6.07, 6.45) is -1.06. The Labute approximate surface area is 162 Å². The van der Waals surface area contributed by atoms with Gasteiger partial charge < -0.3 is 10.1 Å². The smallest absolute Gasteiger partial charge is 0.270 e. The van der Waals surface area contributed by atoms with Gasteiger partial charge in [0.05, 0.1) is 29.4 Å². The number of hydrogen-bond acceptors (Lipinski definition) is 5. The standard InChI is InChI=1S/C19H19N3O5S/c1-2-28(25,26)22-11-17(27-16-10-6-5-9-15(16)22)19(24)21-12-18(23)20-13-7-3-4-8-14(13)21/h3-10,17H,2,11-12H2,1H3,(H,20,23)/t17-/m0/s1. The summed E-state index contributed by atoms with van der Waals surface area (Å²) in [5.41, 5.74) is 1.49. The maximum atomic E-state index is 13.2. The van der Waals surface area contributed by atoms with Gasteiger partial charge in [-0.25, -0.2) is 8.42 Å². The summed E-state index contributed by atoms with van der Waals surface area (Å²) in [7, 11) is -3.60. The molecule has 0 aliphatic carbocycles. The minimum absolute atomic E-state index is 0.100. The maximum Gasteiger partial charge on any atom is 0.270 e. The van der Waals surface area contributed by atoms with E-state index in [9.17, 15) is 18.0 Å². The van der Waals surface area contributed by atoms with Gasteiger partial charge in [-0.15, -0.1) is 0 Å². The van der Waals surface area contributed by atoms with Crippen LogP contribution in [0.5, 0.6) is 5.75 Å². The first-order chi connectivity index (χ1) is 13.4. The van der Waals surface area contributed by atoms with Crippen molar-refractivity contribution in [3.8, 4) is 5.75 Å². The van der Waals surface area contributed by atoms with Crippen molar-refractivity contribution < 1.29 is 22.7 Å². The molecule has 2 heterocycles. The fourth-order valence-corrected chi connectivity index (χ4v) is 4.48. The van der Waals surface area contributed by atoms with Crippen molar-refractivity contribution in [1.82, 2.24) is 0 Å². The van der Waals surface area contributed by atoms with Crippen LogP contribution in [-0.2, 0) is 19.6 Å². The van der Waals surface area contributed by atoms with Crippen molar-refractivity contribution in [2.24, 2.45) is 0 Å². The molecule has 0 aromatic heterocycles. The van der Waals surface area contributed by atoms with E-state index in [-0.39, 0.29) is 24.7 Å². The average Bonchev–Trinajstić information content (AvgIpc) is 2.71. The zero-order valence-corrected chi connectivity index (χ0v) is 16.0. The van der Waals surface area contributed by atoms with Crippen LogP contribution in [-0.4, -0.2) is 45.2 Å². The number of carbonyl (C=O) groups excluding carboxylic acids is 2. The van der Waals surface area contributed by atoms with Crippen LogP contribution < -0.4 is 19.3 Å². The first kappa shape index (κ1) is 18.3. The number of benzene rings is 2. The van der Waals surface area contributed by atoms with Crippen molar-refractivity contribution in [3.63, 3.8) is 0 Å². The van der Waals surface area contributed by atoms with Gasteiger partial charge in [0.1, 0.15) is 12.3 Å². The minimum atomic E-state index is -3.60. The number of anilines is 3. The molecule has 0 radical (unpaired) electrons. The lowest BCUT2D eigenvalue weighted by Crippen LogP contribution is -2.54. The molecule has 0 saturated carbocycles. The summed E-state index contributed by atoms with van der Waals surface area (Å²) in [4.78, 5) is 26.6. The number of rotatable bonds is 3. The summed E-state index contributed by atoms with van der Waals surface area (Å²) < 4.78 is 32.2. The molecule has 0 bridgehead atoms. The fraction of sp³-hybridized carbons (Fsp3) is 0.263. The number of nitrogens with one attached hydrogen (secondary N) is 1. The Morgan fingerprint density at radius 2 is 1.82 bits per heavy atom. The molecular weight excluding hydrogens is 382 g/mol. The molecule has 146 valence electrons. The van der Waals surface area contributed by atoms with E-state index >= 15 is 0 Å². The van der Waals surface area contributed by atoms with Gasteiger partial charge in [-0.05, 0) is 31.2 Å². The highest BCUT2D eigenvalue weighted by molar-refractivity contribution is 7.92. The molecule has 9 heteroatoms. The van der Waals surface area contributed by atoms with Crippen LogP contribution in [0.4, 0.5) is 17.1 Å². The second-order valence-electron chi connectivity index (χ2n) is 6.50. The van der Waals surface area contributed by atoms with Crippen molar-refractivity contribution >= 4 is 38.9 Å². The quantitative estimate of drug-likeness (QED) is 0.843.